The number of nitro groups is 1. The molecule has 2 aromatic carbocycles. The summed E-state index contributed by atoms with van der Waals surface area (Å²) in [5.74, 6) is -0.353. The number of urea groups is 1. The molecule has 2 heterocycles. The molecule has 0 radical (unpaired) electrons. The van der Waals surface area contributed by atoms with E-state index in [9.17, 15) is 33.2 Å². The fourth-order valence-corrected chi connectivity index (χ4v) is 8.03. The Balaban J connectivity index is 1.56. The molecule has 49 heavy (non-hydrogen) atoms. The second-order valence-corrected chi connectivity index (χ2v) is 15.5. The summed E-state index contributed by atoms with van der Waals surface area (Å²) in [6.45, 7) is 7.85. The van der Waals surface area contributed by atoms with Crippen LogP contribution in [-0.2, 0) is 27.8 Å². The van der Waals surface area contributed by atoms with Crippen molar-refractivity contribution in [1.82, 2.24) is 24.4 Å². The zero-order valence-corrected chi connectivity index (χ0v) is 29.9. The van der Waals surface area contributed by atoms with Gasteiger partial charge in [-0.15, -0.1) is 0 Å². The Kier molecular flexibility index (Phi) is 12.7. The van der Waals surface area contributed by atoms with E-state index in [-0.39, 0.29) is 54.5 Å². The predicted molar refractivity (Wildman–Crippen MR) is 185 cm³/mol. The average molecular weight is 717 g/mol. The van der Waals surface area contributed by atoms with Crippen molar-refractivity contribution in [1.29, 1.82) is 0 Å². The Hall–Kier alpha value is -4.12. The zero-order chi connectivity index (χ0) is 35.9. The number of hydrogen-bond acceptors (Lipinski definition) is 10. The molecule has 0 spiro atoms. The molecule has 1 fully saturated rings. The Bertz CT molecular complexity index is 1680. The first-order valence-corrected chi connectivity index (χ1v) is 18.3. The fraction of sp³-hybridized carbons (Fsp3) is 0.485. The molecule has 1 saturated heterocycles. The maximum absolute atomic E-state index is 14.0. The van der Waals surface area contributed by atoms with E-state index >= 15 is 0 Å². The number of ether oxygens (including phenoxy) is 1. The van der Waals surface area contributed by atoms with Crippen LogP contribution in [0.15, 0.2) is 64.9 Å². The highest BCUT2D eigenvalue weighted by atomic mass is 32.2. The van der Waals surface area contributed by atoms with Crippen molar-refractivity contribution in [3.63, 3.8) is 0 Å². The summed E-state index contributed by atoms with van der Waals surface area (Å²) < 4.78 is 34.0. The standard InChI is InChI=1S/C33H44N6O8S2/c1-22(2)18-37(49(45,46)27-13-11-26(47-5)12-14-27)20-29(40)28(17-24-9-7-6-8-10-24)35-31(41)30(23(3)4)38-16-15-36(33(38)42)19-25-21-48-32(34-25)39(43)44/h6-14,21-23,28-30,40H,15-20H2,1-5H3,(H,35,41)/t28-,29+,30-/m0/s1. The lowest BCUT2D eigenvalue weighted by Crippen LogP contribution is -2.57. The van der Waals surface area contributed by atoms with Gasteiger partial charge in [-0.05, 0) is 69.3 Å². The van der Waals surface area contributed by atoms with Gasteiger partial charge in [0.05, 0.1) is 30.7 Å². The number of rotatable bonds is 17. The third-order valence-electron chi connectivity index (χ3n) is 8.16. The van der Waals surface area contributed by atoms with Crippen molar-refractivity contribution in [2.75, 3.05) is 33.3 Å². The van der Waals surface area contributed by atoms with Gasteiger partial charge in [-0.25, -0.2) is 13.2 Å². The van der Waals surface area contributed by atoms with Crippen LogP contribution < -0.4 is 10.1 Å². The number of benzene rings is 2. The van der Waals surface area contributed by atoms with Crippen LogP contribution in [0.5, 0.6) is 5.75 Å². The maximum Gasteiger partial charge on any atom is 0.423 e. The second-order valence-electron chi connectivity index (χ2n) is 12.7. The Morgan fingerprint density at radius 1 is 1.10 bits per heavy atom. The molecule has 0 saturated carbocycles. The van der Waals surface area contributed by atoms with Crippen LogP contribution in [-0.4, -0.2) is 101 Å². The van der Waals surface area contributed by atoms with Gasteiger partial charge in [0.2, 0.25) is 15.9 Å². The first-order valence-electron chi connectivity index (χ1n) is 16.0. The Labute approximate surface area is 290 Å². The van der Waals surface area contributed by atoms with E-state index in [0.29, 0.717) is 18.0 Å². The highest BCUT2D eigenvalue weighted by Gasteiger charge is 2.41. The van der Waals surface area contributed by atoms with E-state index in [1.807, 2.05) is 58.0 Å². The fourth-order valence-electron chi connectivity index (χ4n) is 5.79. The number of hydrogen-bond donors (Lipinski definition) is 2. The number of aromatic nitrogens is 1. The number of carbonyl (C=O) groups excluding carboxylic acids is 2. The number of carbonyl (C=O) groups is 2. The lowest BCUT2D eigenvalue weighted by molar-refractivity contribution is -0.384. The zero-order valence-electron chi connectivity index (χ0n) is 28.3. The van der Waals surface area contributed by atoms with Gasteiger partial charge in [-0.2, -0.15) is 4.31 Å². The number of amides is 3. The SMILES string of the molecule is COc1ccc(S(=O)(=O)N(CC(C)C)C[C@@H](O)[C@H](Cc2ccccc2)NC(=O)[C@H](C(C)C)N2CCN(Cc3csc([N+](=O)[O-])n3)C2=O)cc1. The smallest absolute Gasteiger partial charge is 0.423 e. The van der Waals surface area contributed by atoms with E-state index in [1.165, 1.54) is 38.7 Å². The highest BCUT2D eigenvalue weighted by molar-refractivity contribution is 7.89. The Morgan fingerprint density at radius 2 is 1.78 bits per heavy atom. The lowest BCUT2D eigenvalue weighted by Gasteiger charge is -2.34. The predicted octanol–water partition coefficient (Wildman–Crippen LogP) is 3.76. The van der Waals surface area contributed by atoms with E-state index in [4.69, 9.17) is 4.74 Å². The van der Waals surface area contributed by atoms with Crippen molar-refractivity contribution < 1.29 is 32.8 Å². The van der Waals surface area contributed by atoms with E-state index in [1.54, 1.807) is 12.1 Å². The van der Waals surface area contributed by atoms with Gasteiger partial charge in [-0.3, -0.25) is 4.79 Å². The van der Waals surface area contributed by atoms with Gasteiger partial charge in [0.15, 0.2) is 5.69 Å². The first-order chi connectivity index (χ1) is 23.2. The minimum atomic E-state index is -4.03. The van der Waals surface area contributed by atoms with E-state index in [0.717, 1.165) is 16.9 Å². The molecule has 14 nitrogen and oxygen atoms in total. The average Bonchev–Trinajstić information content (AvgIpc) is 3.67. The van der Waals surface area contributed by atoms with Gasteiger partial charge >= 0.3 is 11.2 Å². The minimum Gasteiger partial charge on any atom is -0.497 e. The number of aliphatic hydroxyl groups is 1. The van der Waals surface area contributed by atoms with Crippen LogP contribution in [0, 0.1) is 22.0 Å². The van der Waals surface area contributed by atoms with Crippen LogP contribution in [0.4, 0.5) is 9.93 Å². The molecule has 1 aliphatic rings. The van der Waals surface area contributed by atoms with Crippen molar-refractivity contribution in [2.45, 2.75) is 63.7 Å². The van der Waals surface area contributed by atoms with E-state index < -0.39 is 45.1 Å². The summed E-state index contributed by atoms with van der Waals surface area (Å²) in [5, 5.41) is 27.0. The molecule has 0 unspecified atom stereocenters. The number of nitrogens with zero attached hydrogens (tertiary/aromatic N) is 5. The number of thiazole rings is 1. The molecule has 2 N–H and O–H groups in total. The van der Waals surface area contributed by atoms with Crippen LogP contribution in [0.2, 0.25) is 0 Å². The third kappa shape index (κ3) is 9.53. The summed E-state index contributed by atoms with van der Waals surface area (Å²) in [6.07, 6.45) is -1.10. The van der Waals surface area contributed by atoms with Crippen molar-refractivity contribution in [3.05, 3.63) is 81.3 Å². The molecule has 1 aliphatic heterocycles. The highest BCUT2D eigenvalue weighted by Crippen LogP contribution is 2.25. The second kappa shape index (κ2) is 16.5. The molecule has 16 heteroatoms. The third-order valence-corrected chi connectivity index (χ3v) is 10.8. The van der Waals surface area contributed by atoms with Crippen LogP contribution in [0.3, 0.4) is 0 Å². The number of methoxy groups -OCH3 is 1. The van der Waals surface area contributed by atoms with Crippen molar-refractivity contribution >= 4 is 38.4 Å². The van der Waals surface area contributed by atoms with Gasteiger partial charge in [0.1, 0.15) is 11.8 Å². The number of aliphatic hydroxyl groups excluding tert-OH is 1. The number of nitrogens with one attached hydrogen (secondary N) is 1. The van der Waals surface area contributed by atoms with E-state index in [2.05, 4.69) is 10.3 Å². The lowest BCUT2D eigenvalue weighted by atomic mass is 9.97. The van der Waals surface area contributed by atoms with Gasteiger partial charge in [0, 0.05) is 31.6 Å². The van der Waals surface area contributed by atoms with Crippen LogP contribution in [0.1, 0.15) is 39.0 Å². The molecule has 0 bridgehead atoms. The summed E-state index contributed by atoms with van der Waals surface area (Å²) in [6, 6.07) is 13.1. The minimum absolute atomic E-state index is 0.0500. The monoisotopic (exact) mass is 716 g/mol. The van der Waals surface area contributed by atoms with Gasteiger partial charge < -0.3 is 35.1 Å². The largest absolute Gasteiger partial charge is 0.497 e. The quantitative estimate of drug-likeness (QED) is 0.156. The molecule has 3 amide bonds. The van der Waals surface area contributed by atoms with Gasteiger partial charge in [0.25, 0.3) is 0 Å². The topological polar surface area (TPSA) is 176 Å². The van der Waals surface area contributed by atoms with Crippen LogP contribution >= 0.6 is 11.3 Å². The molecule has 3 aromatic rings. The summed E-state index contributed by atoms with van der Waals surface area (Å²) >= 11 is 0.882. The summed E-state index contributed by atoms with van der Waals surface area (Å²) in [7, 11) is -2.54. The van der Waals surface area contributed by atoms with Crippen LogP contribution in [0.25, 0.3) is 0 Å². The molecule has 4 rings (SSSR count). The maximum atomic E-state index is 14.0. The molecular formula is C33H44N6O8S2. The summed E-state index contributed by atoms with van der Waals surface area (Å²) in [4.78, 5) is 45.0. The molecule has 266 valence electrons. The molecular weight excluding hydrogens is 673 g/mol. The van der Waals surface area contributed by atoms with Crippen molar-refractivity contribution in [3.8, 4) is 5.75 Å². The Morgan fingerprint density at radius 3 is 2.35 bits per heavy atom. The number of sulfonamides is 1. The summed E-state index contributed by atoms with van der Waals surface area (Å²) in [5.41, 5.74) is 1.21. The van der Waals surface area contributed by atoms with Crippen molar-refractivity contribution in [2.24, 2.45) is 11.8 Å². The molecule has 1 aromatic heterocycles. The van der Waals surface area contributed by atoms with Gasteiger partial charge in [-0.1, -0.05) is 58.0 Å². The normalized spacial score (nSPS) is 15.6. The molecule has 3 atom stereocenters. The first kappa shape index (κ1) is 37.7. The molecule has 0 aliphatic carbocycles.